The van der Waals surface area contributed by atoms with Crippen LogP contribution in [-0.4, -0.2) is 35.8 Å². The average Bonchev–Trinajstić information content (AvgIpc) is 2.28. The minimum atomic E-state index is 0.0291. The Kier molecular flexibility index (Phi) is 8.94. The van der Waals surface area contributed by atoms with Gasteiger partial charge in [0.05, 0.1) is 0 Å². The van der Waals surface area contributed by atoms with Gasteiger partial charge in [-0.05, 0) is 25.3 Å². The molecule has 0 saturated carbocycles. The Labute approximate surface area is 97.7 Å². The number of nitrogens with one attached hydrogen (secondary N) is 1. The monoisotopic (exact) mass is 231 g/mol. The molecule has 0 aliphatic heterocycles. The van der Waals surface area contributed by atoms with Crippen LogP contribution >= 0.6 is 0 Å². The fraction of sp³-hybridized carbons (Fsp3) is 0.909. The van der Waals surface area contributed by atoms with Gasteiger partial charge in [-0.2, -0.15) is 0 Å². The van der Waals surface area contributed by atoms with E-state index < -0.39 is 0 Å². The molecule has 0 heterocycles. The van der Waals surface area contributed by atoms with E-state index in [2.05, 4.69) is 17.4 Å². The summed E-state index contributed by atoms with van der Waals surface area (Å²) in [5.74, 6) is 0.789. The van der Waals surface area contributed by atoms with Crippen LogP contribution in [0.25, 0.3) is 0 Å². The summed E-state index contributed by atoms with van der Waals surface area (Å²) in [6, 6.07) is 0. The molecular weight excluding hydrogens is 206 g/mol. The standard InChI is InChI=1S/C11H25N3O2/c1-3-4-10(5-6-15)8-13-7-9(2)11(12)14-16/h9-10,13,15-16H,3-8H2,1-2H3,(H2,12,14). The Balaban J connectivity index is 3.76. The third-order valence-electron chi connectivity index (χ3n) is 2.74. The van der Waals surface area contributed by atoms with Gasteiger partial charge in [-0.25, -0.2) is 0 Å². The quantitative estimate of drug-likeness (QED) is 0.204. The Hall–Kier alpha value is -0.810. The van der Waals surface area contributed by atoms with Gasteiger partial charge >= 0.3 is 0 Å². The van der Waals surface area contributed by atoms with E-state index in [4.69, 9.17) is 16.0 Å². The Morgan fingerprint density at radius 3 is 2.56 bits per heavy atom. The molecule has 2 unspecified atom stereocenters. The summed E-state index contributed by atoms with van der Waals surface area (Å²) in [5.41, 5.74) is 5.47. The smallest absolute Gasteiger partial charge is 0.143 e. The van der Waals surface area contributed by atoms with Crippen LogP contribution in [0.2, 0.25) is 0 Å². The molecular formula is C11H25N3O2. The van der Waals surface area contributed by atoms with Crippen LogP contribution in [0.5, 0.6) is 0 Å². The van der Waals surface area contributed by atoms with E-state index in [9.17, 15) is 0 Å². The largest absolute Gasteiger partial charge is 0.409 e. The summed E-state index contributed by atoms with van der Waals surface area (Å²) in [6.45, 7) is 5.85. The van der Waals surface area contributed by atoms with Crippen molar-refractivity contribution in [3.8, 4) is 0 Å². The molecule has 0 aromatic heterocycles. The normalized spacial score (nSPS) is 16.1. The number of hydrogen-bond donors (Lipinski definition) is 4. The molecule has 5 heteroatoms. The number of rotatable bonds is 9. The van der Waals surface area contributed by atoms with Gasteiger partial charge in [-0.15, -0.1) is 0 Å². The lowest BCUT2D eigenvalue weighted by atomic mass is 10.00. The van der Waals surface area contributed by atoms with Crippen LogP contribution in [0.4, 0.5) is 0 Å². The molecule has 0 aliphatic carbocycles. The van der Waals surface area contributed by atoms with Gasteiger partial charge < -0.3 is 21.4 Å². The van der Waals surface area contributed by atoms with Crippen molar-refractivity contribution in [2.45, 2.75) is 33.1 Å². The summed E-state index contributed by atoms with van der Waals surface area (Å²) in [6.07, 6.45) is 3.08. The molecule has 0 amide bonds. The number of aliphatic hydroxyl groups excluding tert-OH is 1. The zero-order chi connectivity index (χ0) is 12.4. The molecule has 96 valence electrons. The molecule has 0 saturated heterocycles. The molecule has 0 spiro atoms. The van der Waals surface area contributed by atoms with E-state index in [1.54, 1.807) is 0 Å². The van der Waals surface area contributed by atoms with Gasteiger partial charge in [0, 0.05) is 19.1 Å². The summed E-state index contributed by atoms with van der Waals surface area (Å²) < 4.78 is 0. The highest BCUT2D eigenvalue weighted by Crippen LogP contribution is 2.09. The SMILES string of the molecule is CCCC(CCO)CNCC(C)C(N)=NO. The molecule has 16 heavy (non-hydrogen) atoms. The van der Waals surface area contributed by atoms with Crippen molar-refractivity contribution >= 4 is 5.84 Å². The topological polar surface area (TPSA) is 90.9 Å². The second kappa shape index (κ2) is 9.42. The third kappa shape index (κ3) is 6.63. The number of aliphatic hydroxyl groups is 1. The van der Waals surface area contributed by atoms with Crippen molar-refractivity contribution in [3.63, 3.8) is 0 Å². The second-order valence-corrected chi connectivity index (χ2v) is 4.25. The lowest BCUT2D eigenvalue weighted by Gasteiger charge is -2.17. The van der Waals surface area contributed by atoms with E-state index in [-0.39, 0.29) is 18.4 Å². The van der Waals surface area contributed by atoms with E-state index >= 15 is 0 Å². The third-order valence-corrected chi connectivity index (χ3v) is 2.74. The number of nitrogens with two attached hydrogens (primary N) is 1. The summed E-state index contributed by atoms with van der Waals surface area (Å²) >= 11 is 0. The molecule has 0 bridgehead atoms. The van der Waals surface area contributed by atoms with Crippen LogP contribution in [0.3, 0.4) is 0 Å². The first kappa shape index (κ1) is 15.2. The highest BCUT2D eigenvalue weighted by molar-refractivity contribution is 5.82. The minimum absolute atomic E-state index is 0.0291. The van der Waals surface area contributed by atoms with Crippen molar-refractivity contribution in [1.82, 2.24) is 5.32 Å². The summed E-state index contributed by atoms with van der Waals surface area (Å²) in [5, 5.41) is 23.6. The first-order valence-corrected chi connectivity index (χ1v) is 5.94. The van der Waals surface area contributed by atoms with E-state index in [0.29, 0.717) is 12.5 Å². The fourth-order valence-corrected chi connectivity index (χ4v) is 1.65. The van der Waals surface area contributed by atoms with Crippen LogP contribution in [0.1, 0.15) is 33.1 Å². The van der Waals surface area contributed by atoms with Crippen LogP contribution in [0.15, 0.2) is 5.16 Å². The van der Waals surface area contributed by atoms with Crippen LogP contribution in [-0.2, 0) is 0 Å². The van der Waals surface area contributed by atoms with E-state index in [0.717, 1.165) is 25.8 Å². The molecule has 0 radical (unpaired) electrons. The molecule has 5 N–H and O–H groups in total. The first-order valence-electron chi connectivity index (χ1n) is 5.94. The molecule has 0 aromatic carbocycles. The summed E-state index contributed by atoms with van der Waals surface area (Å²) in [4.78, 5) is 0. The molecule has 2 atom stereocenters. The zero-order valence-corrected chi connectivity index (χ0v) is 10.3. The highest BCUT2D eigenvalue weighted by atomic mass is 16.4. The minimum Gasteiger partial charge on any atom is -0.409 e. The van der Waals surface area contributed by atoms with Crippen molar-refractivity contribution in [2.75, 3.05) is 19.7 Å². The highest BCUT2D eigenvalue weighted by Gasteiger charge is 2.10. The van der Waals surface area contributed by atoms with Gasteiger partial charge in [-0.3, -0.25) is 0 Å². The molecule has 0 aromatic rings. The van der Waals surface area contributed by atoms with Gasteiger partial charge in [0.25, 0.3) is 0 Å². The van der Waals surface area contributed by atoms with Crippen LogP contribution < -0.4 is 11.1 Å². The lowest BCUT2D eigenvalue weighted by molar-refractivity contribution is 0.247. The maximum absolute atomic E-state index is 8.90. The molecule has 5 nitrogen and oxygen atoms in total. The van der Waals surface area contributed by atoms with Crippen molar-refractivity contribution in [2.24, 2.45) is 22.7 Å². The van der Waals surface area contributed by atoms with Gasteiger partial charge in [0.15, 0.2) is 0 Å². The van der Waals surface area contributed by atoms with Gasteiger partial charge in [-0.1, -0.05) is 25.4 Å². The van der Waals surface area contributed by atoms with Crippen LogP contribution in [0, 0.1) is 11.8 Å². The first-order chi connectivity index (χ1) is 7.65. The Morgan fingerprint density at radius 1 is 1.38 bits per heavy atom. The Morgan fingerprint density at radius 2 is 2.06 bits per heavy atom. The lowest BCUT2D eigenvalue weighted by Crippen LogP contribution is -2.34. The zero-order valence-electron chi connectivity index (χ0n) is 10.3. The van der Waals surface area contributed by atoms with E-state index in [1.807, 2.05) is 6.92 Å². The number of amidine groups is 1. The molecule has 0 aliphatic rings. The van der Waals surface area contributed by atoms with Gasteiger partial charge in [0.2, 0.25) is 0 Å². The predicted octanol–water partition coefficient (Wildman–Crippen LogP) is 0.757. The van der Waals surface area contributed by atoms with Crippen molar-refractivity contribution in [1.29, 1.82) is 0 Å². The van der Waals surface area contributed by atoms with Crippen molar-refractivity contribution in [3.05, 3.63) is 0 Å². The van der Waals surface area contributed by atoms with E-state index in [1.165, 1.54) is 0 Å². The summed E-state index contributed by atoms with van der Waals surface area (Å²) in [7, 11) is 0. The average molecular weight is 231 g/mol. The second-order valence-electron chi connectivity index (χ2n) is 4.25. The molecule has 0 rings (SSSR count). The number of nitrogens with zero attached hydrogens (tertiary/aromatic N) is 1. The molecule has 0 fully saturated rings. The fourth-order valence-electron chi connectivity index (χ4n) is 1.65. The number of hydrogen-bond acceptors (Lipinski definition) is 4. The van der Waals surface area contributed by atoms with Crippen molar-refractivity contribution < 1.29 is 10.3 Å². The van der Waals surface area contributed by atoms with Gasteiger partial charge in [0.1, 0.15) is 5.84 Å². The maximum Gasteiger partial charge on any atom is 0.143 e. The maximum atomic E-state index is 8.90. The predicted molar refractivity (Wildman–Crippen MR) is 65.5 cm³/mol. The number of oxime groups is 1. The Bertz CT molecular complexity index is 192.